The Morgan fingerprint density at radius 2 is 2.32 bits per heavy atom. The summed E-state index contributed by atoms with van der Waals surface area (Å²) in [5, 5.41) is 9.56. The Bertz CT molecular complexity index is 474. The number of carbonyl (C=O) groups excluding carboxylic acids is 1. The molecular formula is C14H21N3O2. The normalized spacial score (nSPS) is 20.5. The van der Waals surface area contributed by atoms with Gasteiger partial charge in [-0.2, -0.15) is 0 Å². The van der Waals surface area contributed by atoms with Crippen LogP contribution in [0.2, 0.25) is 0 Å². The third-order valence-corrected chi connectivity index (χ3v) is 3.61. The Hall–Kier alpha value is -1.75. The van der Waals surface area contributed by atoms with Crippen LogP contribution in [-0.4, -0.2) is 29.7 Å². The Kier molecular flexibility index (Phi) is 3.95. The second kappa shape index (κ2) is 5.48. The Balaban J connectivity index is 2.29. The topological polar surface area (TPSA) is 92.6 Å². The van der Waals surface area contributed by atoms with Crippen molar-refractivity contribution in [2.45, 2.75) is 38.3 Å². The van der Waals surface area contributed by atoms with E-state index in [1.165, 1.54) is 0 Å². The summed E-state index contributed by atoms with van der Waals surface area (Å²) in [6.07, 6.45) is 2.47. The summed E-state index contributed by atoms with van der Waals surface area (Å²) < 4.78 is 0. The molecule has 0 aliphatic carbocycles. The average Bonchev–Trinajstić information content (AvgIpc) is 2.76. The minimum atomic E-state index is -0.451. The molecule has 2 unspecified atom stereocenters. The SMILES string of the molecule is CC(O)CC1CCCN1c1cc(C(N)=O)ccc1N. The van der Waals surface area contributed by atoms with Crippen LogP contribution in [0.4, 0.5) is 11.4 Å². The Labute approximate surface area is 113 Å². The number of nitrogen functional groups attached to an aromatic ring is 1. The van der Waals surface area contributed by atoms with Crippen molar-refractivity contribution < 1.29 is 9.90 Å². The molecule has 1 aliphatic heterocycles. The van der Waals surface area contributed by atoms with Crippen molar-refractivity contribution in [3.8, 4) is 0 Å². The van der Waals surface area contributed by atoms with Gasteiger partial charge in [0.15, 0.2) is 0 Å². The van der Waals surface area contributed by atoms with Gasteiger partial charge >= 0.3 is 0 Å². The highest BCUT2D eigenvalue weighted by Gasteiger charge is 2.27. The van der Waals surface area contributed by atoms with E-state index in [0.717, 1.165) is 25.1 Å². The largest absolute Gasteiger partial charge is 0.397 e. The van der Waals surface area contributed by atoms with Crippen molar-refractivity contribution in [1.29, 1.82) is 0 Å². The average molecular weight is 263 g/mol. The molecular weight excluding hydrogens is 242 g/mol. The van der Waals surface area contributed by atoms with Crippen LogP contribution in [0, 0.1) is 0 Å². The highest BCUT2D eigenvalue weighted by atomic mass is 16.3. The van der Waals surface area contributed by atoms with Gasteiger partial charge in [0.05, 0.1) is 17.5 Å². The van der Waals surface area contributed by atoms with E-state index in [4.69, 9.17) is 11.5 Å². The predicted octanol–water partition coefficient (Wildman–Crippen LogP) is 1.11. The van der Waals surface area contributed by atoms with Gasteiger partial charge in [0.2, 0.25) is 5.91 Å². The van der Waals surface area contributed by atoms with E-state index in [2.05, 4.69) is 4.90 Å². The molecule has 1 fully saturated rings. The Morgan fingerprint density at radius 1 is 1.58 bits per heavy atom. The van der Waals surface area contributed by atoms with Gasteiger partial charge < -0.3 is 21.5 Å². The second-order valence-corrected chi connectivity index (χ2v) is 5.21. The molecule has 0 saturated carbocycles. The molecule has 2 rings (SSSR count). The molecule has 0 aromatic heterocycles. The molecule has 1 aromatic rings. The maximum atomic E-state index is 11.3. The van der Waals surface area contributed by atoms with E-state index >= 15 is 0 Å². The monoisotopic (exact) mass is 263 g/mol. The molecule has 1 aliphatic rings. The van der Waals surface area contributed by atoms with E-state index in [0.29, 0.717) is 17.7 Å². The summed E-state index contributed by atoms with van der Waals surface area (Å²) in [6, 6.07) is 5.37. The number of nitrogens with zero attached hydrogens (tertiary/aromatic N) is 1. The number of amides is 1. The van der Waals surface area contributed by atoms with Crippen LogP contribution in [0.5, 0.6) is 0 Å². The maximum Gasteiger partial charge on any atom is 0.248 e. The molecule has 5 nitrogen and oxygen atoms in total. The van der Waals surface area contributed by atoms with Crippen molar-refractivity contribution in [3.05, 3.63) is 23.8 Å². The van der Waals surface area contributed by atoms with Crippen LogP contribution >= 0.6 is 0 Å². The molecule has 5 N–H and O–H groups in total. The highest BCUT2D eigenvalue weighted by molar-refractivity contribution is 5.95. The summed E-state index contributed by atoms with van der Waals surface area (Å²) in [5.74, 6) is -0.451. The van der Waals surface area contributed by atoms with Gasteiger partial charge in [0.25, 0.3) is 0 Å². The van der Waals surface area contributed by atoms with Gasteiger partial charge in [-0.1, -0.05) is 0 Å². The zero-order chi connectivity index (χ0) is 14.0. The fraction of sp³-hybridized carbons (Fsp3) is 0.500. The number of benzene rings is 1. The first kappa shape index (κ1) is 13.7. The lowest BCUT2D eigenvalue weighted by atomic mass is 10.1. The molecule has 0 bridgehead atoms. The van der Waals surface area contributed by atoms with E-state index < -0.39 is 5.91 Å². The van der Waals surface area contributed by atoms with Gasteiger partial charge in [0.1, 0.15) is 0 Å². The lowest BCUT2D eigenvalue weighted by molar-refractivity contribution is 0.1000. The number of hydrogen-bond acceptors (Lipinski definition) is 4. The Morgan fingerprint density at radius 3 is 2.95 bits per heavy atom. The van der Waals surface area contributed by atoms with E-state index in [1.54, 1.807) is 25.1 Å². The molecule has 104 valence electrons. The van der Waals surface area contributed by atoms with Crippen LogP contribution in [0.3, 0.4) is 0 Å². The fourth-order valence-corrected chi connectivity index (χ4v) is 2.74. The minimum Gasteiger partial charge on any atom is -0.397 e. The standard InChI is InChI=1S/C14H21N3O2/c1-9(18)7-11-3-2-6-17(11)13-8-10(14(16)19)4-5-12(13)15/h4-5,8-9,11,18H,2-3,6-7,15H2,1H3,(H2,16,19). The molecule has 5 heteroatoms. The summed E-state index contributed by atoms with van der Waals surface area (Å²) in [5.41, 5.74) is 13.3. The van der Waals surface area contributed by atoms with Gasteiger partial charge in [-0.3, -0.25) is 4.79 Å². The highest BCUT2D eigenvalue weighted by Crippen LogP contribution is 2.32. The molecule has 2 atom stereocenters. The number of aliphatic hydroxyl groups excluding tert-OH is 1. The first-order valence-corrected chi connectivity index (χ1v) is 6.63. The molecule has 1 heterocycles. The number of primary amides is 1. The molecule has 1 aromatic carbocycles. The van der Waals surface area contributed by atoms with Gasteiger partial charge in [-0.15, -0.1) is 0 Å². The second-order valence-electron chi connectivity index (χ2n) is 5.21. The van der Waals surface area contributed by atoms with Crippen LogP contribution in [-0.2, 0) is 0 Å². The summed E-state index contributed by atoms with van der Waals surface area (Å²) >= 11 is 0. The molecule has 1 saturated heterocycles. The lowest BCUT2D eigenvalue weighted by Gasteiger charge is -2.29. The summed E-state index contributed by atoms with van der Waals surface area (Å²) in [4.78, 5) is 13.4. The number of nitrogens with two attached hydrogens (primary N) is 2. The van der Waals surface area contributed by atoms with Crippen molar-refractivity contribution in [2.75, 3.05) is 17.2 Å². The predicted molar refractivity (Wildman–Crippen MR) is 76.0 cm³/mol. The van der Waals surface area contributed by atoms with Crippen LogP contribution < -0.4 is 16.4 Å². The zero-order valence-corrected chi connectivity index (χ0v) is 11.2. The molecule has 0 spiro atoms. The smallest absolute Gasteiger partial charge is 0.248 e. The summed E-state index contributed by atoms with van der Waals surface area (Å²) in [7, 11) is 0. The minimum absolute atomic E-state index is 0.269. The lowest BCUT2D eigenvalue weighted by Crippen LogP contribution is -2.32. The van der Waals surface area contributed by atoms with E-state index in [9.17, 15) is 9.90 Å². The summed E-state index contributed by atoms with van der Waals surface area (Å²) in [6.45, 7) is 2.68. The van der Waals surface area contributed by atoms with Crippen LogP contribution in [0.1, 0.15) is 36.5 Å². The van der Waals surface area contributed by atoms with Crippen molar-refractivity contribution in [3.63, 3.8) is 0 Å². The number of carbonyl (C=O) groups is 1. The van der Waals surface area contributed by atoms with Gasteiger partial charge in [0, 0.05) is 18.2 Å². The fourth-order valence-electron chi connectivity index (χ4n) is 2.74. The first-order valence-electron chi connectivity index (χ1n) is 6.63. The van der Waals surface area contributed by atoms with E-state index in [1.807, 2.05) is 0 Å². The zero-order valence-electron chi connectivity index (χ0n) is 11.2. The van der Waals surface area contributed by atoms with E-state index in [-0.39, 0.29) is 12.1 Å². The molecule has 0 radical (unpaired) electrons. The van der Waals surface area contributed by atoms with Gasteiger partial charge in [-0.05, 0) is 44.4 Å². The van der Waals surface area contributed by atoms with Crippen LogP contribution in [0.25, 0.3) is 0 Å². The number of rotatable bonds is 4. The van der Waals surface area contributed by atoms with Gasteiger partial charge in [-0.25, -0.2) is 0 Å². The third kappa shape index (κ3) is 2.98. The first-order chi connectivity index (χ1) is 8.99. The number of aliphatic hydroxyl groups is 1. The van der Waals surface area contributed by atoms with Crippen molar-refractivity contribution in [1.82, 2.24) is 0 Å². The quantitative estimate of drug-likeness (QED) is 0.709. The molecule has 1 amide bonds. The van der Waals surface area contributed by atoms with Crippen molar-refractivity contribution >= 4 is 17.3 Å². The number of hydrogen-bond donors (Lipinski definition) is 3. The third-order valence-electron chi connectivity index (χ3n) is 3.61. The van der Waals surface area contributed by atoms with Crippen LogP contribution in [0.15, 0.2) is 18.2 Å². The van der Waals surface area contributed by atoms with Crippen molar-refractivity contribution in [2.24, 2.45) is 5.73 Å². The molecule has 19 heavy (non-hydrogen) atoms. The maximum absolute atomic E-state index is 11.3. The number of anilines is 2.